The molecule has 2 aromatic rings. The topological polar surface area (TPSA) is 77.2 Å². The summed E-state index contributed by atoms with van der Waals surface area (Å²) in [6.07, 6.45) is 4.33. The summed E-state index contributed by atoms with van der Waals surface area (Å²) in [5.74, 6) is 0.622. The fraction of sp³-hybridized carbons (Fsp3) is 0.200. The van der Waals surface area contributed by atoms with Crippen LogP contribution in [0.5, 0.6) is 5.75 Å². The van der Waals surface area contributed by atoms with Crippen molar-refractivity contribution in [3.8, 4) is 5.75 Å². The number of ether oxygens (including phenoxy) is 1. The van der Waals surface area contributed by atoms with Gasteiger partial charge in [-0.15, -0.1) is 0 Å². The number of amides is 1. The Kier molecular flexibility index (Phi) is 5.57. The molecule has 1 amide bonds. The summed E-state index contributed by atoms with van der Waals surface area (Å²) >= 11 is 3.32. The van der Waals surface area contributed by atoms with Gasteiger partial charge in [-0.2, -0.15) is 0 Å². The minimum atomic E-state index is -0.0587. The van der Waals surface area contributed by atoms with E-state index in [1.165, 1.54) is 0 Å². The third kappa shape index (κ3) is 5.43. The molecule has 1 aromatic heterocycles. The van der Waals surface area contributed by atoms with Crippen LogP contribution in [0.3, 0.4) is 0 Å². The Balaban J connectivity index is 1.70. The predicted octanol–water partition coefficient (Wildman–Crippen LogP) is 3.22. The third-order valence-electron chi connectivity index (χ3n) is 2.67. The largest absolute Gasteiger partial charge is 0.492 e. The number of carbonyl (C=O) groups excluding carboxylic acids is 1. The van der Waals surface area contributed by atoms with Crippen molar-refractivity contribution in [2.75, 3.05) is 17.7 Å². The zero-order chi connectivity index (χ0) is 15.1. The van der Waals surface area contributed by atoms with Gasteiger partial charge in [0, 0.05) is 28.5 Å². The molecule has 1 aromatic carbocycles. The monoisotopic (exact) mass is 349 g/mol. The van der Waals surface area contributed by atoms with Gasteiger partial charge >= 0.3 is 0 Å². The second-order valence-electron chi connectivity index (χ2n) is 4.46. The van der Waals surface area contributed by atoms with E-state index in [0.29, 0.717) is 36.6 Å². The quantitative estimate of drug-likeness (QED) is 0.619. The van der Waals surface area contributed by atoms with Gasteiger partial charge in [-0.05, 0) is 46.6 Å². The summed E-state index contributed by atoms with van der Waals surface area (Å²) in [6.45, 7) is 0.461. The minimum Gasteiger partial charge on any atom is -0.492 e. The average Bonchev–Trinajstić information content (AvgIpc) is 2.44. The number of carbonyl (C=O) groups is 1. The van der Waals surface area contributed by atoms with Crippen molar-refractivity contribution in [3.05, 3.63) is 47.2 Å². The Hall–Kier alpha value is -2.08. The van der Waals surface area contributed by atoms with Crippen molar-refractivity contribution in [2.24, 2.45) is 0 Å². The average molecular weight is 350 g/mol. The van der Waals surface area contributed by atoms with E-state index >= 15 is 0 Å². The Labute approximate surface area is 131 Å². The molecule has 0 unspecified atom stereocenters. The third-order valence-corrected chi connectivity index (χ3v) is 3.10. The van der Waals surface area contributed by atoms with Crippen LogP contribution in [0.2, 0.25) is 0 Å². The van der Waals surface area contributed by atoms with Crippen molar-refractivity contribution in [3.63, 3.8) is 0 Å². The molecule has 0 aliphatic heterocycles. The summed E-state index contributed by atoms with van der Waals surface area (Å²) in [5, 5.41) is 2.80. The number of halogens is 1. The molecule has 2 rings (SSSR count). The van der Waals surface area contributed by atoms with Gasteiger partial charge in [-0.1, -0.05) is 6.07 Å². The molecule has 5 nitrogen and oxygen atoms in total. The number of anilines is 2. The zero-order valence-corrected chi connectivity index (χ0v) is 13.0. The highest BCUT2D eigenvalue weighted by molar-refractivity contribution is 9.10. The van der Waals surface area contributed by atoms with E-state index in [0.717, 1.165) is 4.47 Å². The molecule has 1 heterocycles. The first-order chi connectivity index (χ1) is 10.1. The molecule has 6 heteroatoms. The van der Waals surface area contributed by atoms with Gasteiger partial charge in [-0.3, -0.25) is 9.78 Å². The SMILES string of the molecule is Nc1cccc(NC(=O)CCCOc2cncc(Br)c2)c1. The molecular weight excluding hydrogens is 334 g/mol. The fourth-order valence-corrected chi connectivity index (χ4v) is 2.08. The highest BCUT2D eigenvalue weighted by Crippen LogP contribution is 2.16. The summed E-state index contributed by atoms with van der Waals surface area (Å²) in [6, 6.07) is 8.93. The van der Waals surface area contributed by atoms with Crippen molar-refractivity contribution in [1.29, 1.82) is 0 Å². The first kappa shape index (κ1) is 15.3. The highest BCUT2D eigenvalue weighted by Gasteiger charge is 2.03. The van der Waals surface area contributed by atoms with Crippen LogP contribution in [0.25, 0.3) is 0 Å². The standard InChI is InChI=1S/C15H16BrN3O2/c16-11-7-14(10-18-9-11)21-6-2-5-15(20)19-13-4-1-3-12(17)8-13/h1,3-4,7-10H,2,5-6,17H2,(H,19,20). The first-order valence-corrected chi connectivity index (χ1v) is 7.31. The molecule has 0 fully saturated rings. The maximum atomic E-state index is 11.8. The van der Waals surface area contributed by atoms with Crippen LogP contribution in [-0.2, 0) is 4.79 Å². The summed E-state index contributed by atoms with van der Waals surface area (Å²) in [4.78, 5) is 15.8. The van der Waals surface area contributed by atoms with E-state index < -0.39 is 0 Å². The molecule has 0 bridgehead atoms. The number of hydrogen-bond donors (Lipinski definition) is 2. The number of nitrogens with zero attached hydrogens (tertiary/aromatic N) is 1. The molecule has 3 N–H and O–H groups in total. The number of nitrogens with two attached hydrogens (primary N) is 1. The molecular formula is C15H16BrN3O2. The number of pyridine rings is 1. The van der Waals surface area contributed by atoms with Crippen LogP contribution in [0.4, 0.5) is 11.4 Å². The lowest BCUT2D eigenvalue weighted by Crippen LogP contribution is -2.13. The molecule has 0 aliphatic rings. The first-order valence-electron chi connectivity index (χ1n) is 6.52. The van der Waals surface area contributed by atoms with Gasteiger partial charge in [-0.25, -0.2) is 0 Å². The minimum absolute atomic E-state index is 0.0587. The van der Waals surface area contributed by atoms with Crippen molar-refractivity contribution >= 4 is 33.2 Å². The molecule has 21 heavy (non-hydrogen) atoms. The molecule has 0 radical (unpaired) electrons. The Morgan fingerprint density at radius 3 is 2.95 bits per heavy atom. The van der Waals surface area contributed by atoms with E-state index in [9.17, 15) is 4.79 Å². The number of benzene rings is 1. The Morgan fingerprint density at radius 1 is 1.33 bits per heavy atom. The van der Waals surface area contributed by atoms with Crippen LogP contribution in [0.15, 0.2) is 47.2 Å². The van der Waals surface area contributed by atoms with Crippen molar-refractivity contribution in [2.45, 2.75) is 12.8 Å². The fourth-order valence-electron chi connectivity index (χ4n) is 1.73. The maximum Gasteiger partial charge on any atom is 0.224 e. The molecule has 0 atom stereocenters. The van der Waals surface area contributed by atoms with Crippen molar-refractivity contribution < 1.29 is 9.53 Å². The van der Waals surface area contributed by atoms with Crippen LogP contribution in [-0.4, -0.2) is 17.5 Å². The number of rotatable bonds is 6. The molecule has 110 valence electrons. The number of nitrogen functional groups attached to an aromatic ring is 1. The van der Waals surface area contributed by atoms with E-state index in [2.05, 4.69) is 26.2 Å². The second-order valence-corrected chi connectivity index (χ2v) is 5.38. The number of aromatic nitrogens is 1. The number of nitrogens with one attached hydrogen (secondary N) is 1. The van der Waals surface area contributed by atoms with E-state index in [1.807, 2.05) is 6.07 Å². The van der Waals surface area contributed by atoms with Crippen LogP contribution in [0, 0.1) is 0 Å². The predicted molar refractivity (Wildman–Crippen MR) is 86.2 cm³/mol. The second kappa shape index (κ2) is 7.64. The van der Waals surface area contributed by atoms with Crippen LogP contribution in [0.1, 0.15) is 12.8 Å². The zero-order valence-electron chi connectivity index (χ0n) is 11.4. The summed E-state index contributed by atoms with van der Waals surface area (Å²) in [7, 11) is 0. The normalized spacial score (nSPS) is 10.1. The Bertz CT molecular complexity index is 619. The Morgan fingerprint density at radius 2 is 2.19 bits per heavy atom. The lowest BCUT2D eigenvalue weighted by Gasteiger charge is -2.07. The van der Waals surface area contributed by atoms with Gasteiger partial charge in [0.15, 0.2) is 0 Å². The van der Waals surface area contributed by atoms with E-state index in [-0.39, 0.29) is 5.91 Å². The van der Waals surface area contributed by atoms with E-state index in [4.69, 9.17) is 10.5 Å². The van der Waals surface area contributed by atoms with Gasteiger partial charge in [0.05, 0.1) is 12.8 Å². The summed E-state index contributed by atoms with van der Waals surface area (Å²) in [5.41, 5.74) is 6.98. The van der Waals surface area contributed by atoms with Gasteiger partial charge in [0.2, 0.25) is 5.91 Å². The maximum absolute atomic E-state index is 11.8. The molecule has 0 saturated carbocycles. The highest BCUT2D eigenvalue weighted by atomic mass is 79.9. The van der Waals surface area contributed by atoms with Crippen LogP contribution >= 0.6 is 15.9 Å². The lowest BCUT2D eigenvalue weighted by atomic mass is 10.2. The number of hydrogen-bond acceptors (Lipinski definition) is 4. The molecule has 0 spiro atoms. The lowest BCUT2D eigenvalue weighted by molar-refractivity contribution is -0.116. The van der Waals surface area contributed by atoms with E-state index in [1.54, 1.807) is 36.7 Å². The van der Waals surface area contributed by atoms with Gasteiger partial charge in [0.1, 0.15) is 5.75 Å². The molecule has 0 saturated heterocycles. The smallest absolute Gasteiger partial charge is 0.224 e. The van der Waals surface area contributed by atoms with Gasteiger partial charge in [0.25, 0.3) is 0 Å². The molecule has 0 aliphatic carbocycles. The van der Waals surface area contributed by atoms with Crippen LogP contribution < -0.4 is 15.8 Å². The van der Waals surface area contributed by atoms with Gasteiger partial charge < -0.3 is 15.8 Å². The summed E-state index contributed by atoms with van der Waals surface area (Å²) < 4.78 is 6.37. The van der Waals surface area contributed by atoms with Crippen molar-refractivity contribution in [1.82, 2.24) is 4.98 Å².